The van der Waals surface area contributed by atoms with Crippen molar-refractivity contribution in [3.8, 4) is 23.0 Å². The molecule has 4 rings (SSSR count). The highest BCUT2D eigenvalue weighted by Gasteiger charge is 2.15. The van der Waals surface area contributed by atoms with E-state index in [9.17, 15) is 4.79 Å². The van der Waals surface area contributed by atoms with E-state index < -0.39 is 5.91 Å². The van der Waals surface area contributed by atoms with Crippen molar-refractivity contribution in [2.24, 2.45) is 0 Å². The van der Waals surface area contributed by atoms with Gasteiger partial charge in [0, 0.05) is 23.3 Å². The zero-order valence-electron chi connectivity index (χ0n) is 17.8. The van der Waals surface area contributed by atoms with E-state index in [0.717, 1.165) is 16.8 Å². The Morgan fingerprint density at radius 1 is 1.09 bits per heavy atom. The molecule has 3 N–H and O–H groups in total. The fraction of sp³-hybridized carbons (Fsp3) is 0.174. The highest BCUT2D eigenvalue weighted by molar-refractivity contribution is 5.96. The summed E-state index contributed by atoms with van der Waals surface area (Å²) >= 11 is 0. The van der Waals surface area contributed by atoms with E-state index in [-0.39, 0.29) is 5.56 Å². The van der Waals surface area contributed by atoms with Crippen LogP contribution in [-0.2, 0) is 6.54 Å². The molecule has 32 heavy (non-hydrogen) atoms. The van der Waals surface area contributed by atoms with Crippen molar-refractivity contribution < 1.29 is 23.9 Å². The third-order valence-electron chi connectivity index (χ3n) is 4.96. The van der Waals surface area contributed by atoms with Gasteiger partial charge in [0.05, 0.1) is 37.5 Å². The molecule has 0 fully saturated rings. The van der Waals surface area contributed by atoms with Crippen LogP contribution in [0.5, 0.6) is 11.5 Å². The number of rotatable bonds is 7. The minimum atomic E-state index is -0.614. The molecule has 164 valence electrons. The number of fused-ring (bicyclic) bond motifs is 1. The first-order valence-electron chi connectivity index (χ1n) is 9.79. The molecule has 0 unspecified atom stereocenters. The zero-order chi connectivity index (χ0) is 22.7. The summed E-state index contributed by atoms with van der Waals surface area (Å²) in [6.07, 6.45) is 1.40. The number of hydrogen-bond acceptors (Lipinski definition) is 8. The van der Waals surface area contributed by atoms with Crippen LogP contribution in [0.3, 0.4) is 0 Å². The van der Waals surface area contributed by atoms with Crippen LogP contribution < -0.4 is 20.3 Å². The number of furan rings is 1. The lowest BCUT2D eigenvalue weighted by Crippen LogP contribution is -2.18. The standard InChI is InChI=1S/C23H22N4O5/c1-13-4-7-20(32-13)19-9-17(16-8-21(30-2)22(31-3)10-18(16)26-19)25-12-15-6-5-14(11-24-15)23(28)27-29/h4-11,29H,12H2,1-3H3,(H,25,26)(H,27,28). The van der Waals surface area contributed by atoms with Crippen LogP contribution in [0, 0.1) is 6.92 Å². The summed E-state index contributed by atoms with van der Waals surface area (Å²) in [5.41, 5.74) is 4.74. The molecule has 0 saturated heterocycles. The summed E-state index contributed by atoms with van der Waals surface area (Å²) in [7, 11) is 3.16. The van der Waals surface area contributed by atoms with Crippen molar-refractivity contribution in [2.45, 2.75) is 13.5 Å². The fourth-order valence-corrected chi connectivity index (χ4v) is 3.31. The number of amides is 1. The maximum atomic E-state index is 11.5. The Kier molecular flexibility index (Phi) is 5.91. The summed E-state index contributed by atoms with van der Waals surface area (Å²) in [5, 5.41) is 13.0. The van der Waals surface area contributed by atoms with Crippen molar-refractivity contribution in [3.63, 3.8) is 0 Å². The number of aryl methyl sites for hydroxylation is 1. The summed E-state index contributed by atoms with van der Waals surface area (Å²) in [6, 6.07) is 12.6. The maximum absolute atomic E-state index is 11.5. The molecule has 0 aliphatic carbocycles. The SMILES string of the molecule is COc1cc2nc(-c3ccc(C)o3)cc(NCc3ccc(C(=O)NO)cn3)c2cc1OC. The number of carbonyl (C=O) groups excluding carboxylic acids is 1. The lowest BCUT2D eigenvalue weighted by molar-refractivity contribution is 0.0706. The van der Waals surface area contributed by atoms with Crippen LogP contribution in [0.15, 0.2) is 53.1 Å². The number of carbonyl (C=O) groups is 1. The monoisotopic (exact) mass is 434 g/mol. The minimum Gasteiger partial charge on any atom is -0.493 e. The van der Waals surface area contributed by atoms with Gasteiger partial charge in [-0.2, -0.15) is 0 Å². The molecule has 0 saturated carbocycles. The van der Waals surface area contributed by atoms with Gasteiger partial charge in [-0.25, -0.2) is 10.5 Å². The van der Waals surface area contributed by atoms with Gasteiger partial charge in [-0.3, -0.25) is 15.0 Å². The third kappa shape index (κ3) is 4.19. The van der Waals surface area contributed by atoms with Gasteiger partial charge in [0.15, 0.2) is 17.3 Å². The van der Waals surface area contributed by atoms with Gasteiger partial charge in [0.2, 0.25) is 0 Å². The van der Waals surface area contributed by atoms with E-state index in [1.54, 1.807) is 31.8 Å². The Bertz CT molecular complexity index is 1270. The van der Waals surface area contributed by atoms with Crippen LogP contribution >= 0.6 is 0 Å². The number of methoxy groups -OCH3 is 2. The number of hydroxylamine groups is 1. The summed E-state index contributed by atoms with van der Waals surface area (Å²) < 4.78 is 16.7. The average Bonchev–Trinajstić information content (AvgIpc) is 3.27. The average molecular weight is 434 g/mol. The van der Waals surface area contributed by atoms with Gasteiger partial charge in [-0.05, 0) is 43.3 Å². The second-order valence-electron chi connectivity index (χ2n) is 7.02. The van der Waals surface area contributed by atoms with E-state index in [1.165, 1.54) is 6.20 Å². The van der Waals surface area contributed by atoms with E-state index in [0.29, 0.717) is 40.7 Å². The highest BCUT2D eigenvalue weighted by atomic mass is 16.5. The second-order valence-corrected chi connectivity index (χ2v) is 7.02. The van der Waals surface area contributed by atoms with Gasteiger partial charge in [-0.15, -0.1) is 0 Å². The number of anilines is 1. The van der Waals surface area contributed by atoms with Crippen molar-refractivity contribution >= 4 is 22.5 Å². The number of ether oxygens (including phenoxy) is 2. The first-order valence-corrected chi connectivity index (χ1v) is 9.79. The van der Waals surface area contributed by atoms with Gasteiger partial charge in [-0.1, -0.05) is 0 Å². The van der Waals surface area contributed by atoms with Crippen molar-refractivity contribution in [2.75, 3.05) is 19.5 Å². The summed E-state index contributed by atoms with van der Waals surface area (Å²) in [4.78, 5) is 20.5. The Balaban J connectivity index is 1.73. The number of aromatic nitrogens is 2. The number of nitrogens with zero attached hydrogens (tertiary/aromatic N) is 2. The lowest BCUT2D eigenvalue weighted by atomic mass is 10.1. The van der Waals surface area contributed by atoms with Gasteiger partial charge in [0.25, 0.3) is 5.91 Å². The van der Waals surface area contributed by atoms with E-state index in [1.807, 2.05) is 37.3 Å². The Labute approximate surface area is 184 Å². The normalized spacial score (nSPS) is 10.8. The first-order chi connectivity index (χ1) is 15.5. The van der Waals surface area contributed by atoms with Crippen LogP contribution in [0.1, 0.15) is 21.8 Å². The quantitative estimate of drug-likeness (QED) is 0.296. The zero-order valence-corrected chi connectivity index (χ0v) is 17.8. The molecule has 0 atom stereocenters. The molecule has 9 nitrogen and oxygen atoms in total. The molecular weight excluding hydrogens is 412 g/mol. The van der Waals surface area contributed by atoms with Crippen LogP contribution in [0.2, 0.25) is 0 Å². The highest BCUT2D eigenvalue weighted by Crippen LogP contribution is 2.37. The molecule has 0 aliphatic heterocycles. The molecule has 4 aromatic rings. The molecule has 1 amide bonds. The minimum absolute atomic E-state index is 0.262. The largest absolute Gasteiger partial charge is 0.493 e. The number of benzene rings is 1. The smallest absolute Gasteiger partial charge is 0.276 e. The molecule has 1 aromatic carbocycles. The molecule has 0 radical (unpaired) electrons. The third-order valence-corrected chi connectivity index (χ3v) is 4.96. The molecule has 3 aromatic heterocycles. The fourth-order valence-electron chi connectivity index (χ4n) is 3.31. The molecule has 0 spiro atoms. The Morgan fingerprint density at radius 3 is 2.50 bits per heavy atom. The number of nitrogens with one attached hydrogen (secondary N) is 2. The Morgan fingerprint density at radius 2 is 1.88 bits per heavy atom. The van der Waals surface area contributed by atoms with Gasteiger partial charge in [0.1, 0.15) is 11.5 Å². The maximum Gasteiger partial charge on any atom is 0.276 e. The van der Waals surface area contributed by atoms with Crippen LogP contribution in [-0.4, -0.2) is 35.3 Å². The van der Waals surface area contributed by atoms with E-state index in [2.05, 4.69) is 10.3 Å². The van der Waals surface area contributed by atoms with Crippen LogP contribution in [0.4, 0.5) is 5.69 Å². The predicted molar refractivity (Wildman–Crippen MR) is 118 cm³/mol. The van der Waals surface area contributed by atoms with Crippen molar-refractivity contribution in [1.82, 2.24) is 15.4 Å². The first kappa shape index (κ1) is 21.1. The topological polar surface area (TPSA) is 119 Å². The second kappa shape index (κ2) is 8.94. The van der Waals surface area contributed by atoms with E-state index in [4.69, 9.17) is 24.1 Å². The van der Waals surface area contributed by atoms with Crippen LogP contribution in [0.25, 0.3) is 22.4 Å². The summed E-state index contributed by atoms with van der Waals surface area (Å²) in [5.74, 6) is 1.99. The van der Waals surface area contributed by atoms with Gasteiger partial charge < -0.3 is 19.2 Å². The van der Waals surface area contributed by atoms with Crippen molar-refractivity contribution in [3.05, 3.63) is 65.7 Å². The molecule has 0 aliphatic rings. The summed E-state index contributed by atoms with van der Waals surface area (Å²) in [6.45, 7) is 2.27. The lowest BCUT2D eigenvalue weighted by Gasteiger charge is -2.14. The van der Waals surface area contributed by atoms with Gasteiger partial charge >= 0.3 is 0 Å². The Hall–Kier alpha value is -4.11. The van der Waals surface area contributed by atoms with Crippen molar-refractivity contribution in [1.29, 1.82) is 0 Å². The molecule has 0 bridgehead atoms. The molecule has 9 heteroatoms. The molecular formula is C23H22N4O5. The van der Waals surface area contributed by atoms with E-state index >= 15 is 0 Å². The number of pyridine rings is 2. The predicted octanol–water partition coefficient (Wildman–Crippen LogP) is 3.95. The number of hydrogen-bond donors (Lipinski definition) is 3. The molecule has 3 heterocycles.